The van der Waals surface area contributed by atoms with Gasteiger partial charge in [0.05, 0.1) is 19.3 Å². The summed E-state index contributed by atoms with van der Waals surface area (Å²) >= 11 is 0. The largest absolute Gasteiger partial charge is 0.395 e. The summed E-state index contributed by atoms with van der Waals surface area (Å²) in [5, 5.41) is 21.6. The second-order valence-electron chi connectivity index (χ2n) is 4.92. The SMILES string of the molecule is CCCCCC(CCCCC)NC(CO)CO. The quantitative estimate of drug-likeness (QED) is 0.463. The maximum Gasteiger partial charge on any atom is 0.0607 e. The Morgan fingerprint density at radius 1 is 0.765 bits per heavy atom. The van der Waals surface area contributed by atoms with Gasteiger partial charge in [-0.25, -0.2) is 0 Å². The molecule has 3 N–H and O–H groups in total. The number of nitrogens with one attached hydrogen (secondary N) is 1. The average molecular weight is 245 g/mol. The summed E-state index contributed by atoms with van der Waals surface area (Å²) in [7, 11) is 0. The predicted octanol–water partition coefficient (Wildman–Crippen LogP) is 2.46. The summed E-state index contributed by atoms with van der Waals surface area (Å²) in [6, 6.07) is 0.306. The molecule has 0 aromatic rings. The molecule has 0 fully saturated rings. The number of unbranched alkanes of at least 4 members (excludes halogenated alkanes) is 4. The van der Waals surface area contributed by atoms with Crippen molar-refractivity contribution >= 4 is 0 Å². The van der Waals surface area contributed by atoms with E-state index in [0.29, 0.717) is 6.04 Å². The van der Waals surface area contributed by atoms with Gasteiger partial charge in [-0.3, -0.25) is 0 Å². The third-order valence-corrected chi connectivity index (χ3v) is 3.22. The van der Waals surface area contributed by atoms with E-state index in [1.807, 2.05) is 0 Å². The van der Waals surface area contributed by atoms with E-state index < -0.39 is 0 Å². The van der Waals surface area contributed by atoms with Gasteiger partial charge in [-0.05, 0) is 12.8 Å². The third kappa shape index (κ3) is 9.57. The minimum Gasteiger partial charge on any atom is -0.395 e. The second kappa shape index (κ2) is 12.3. The Morgan fingerprint density at radius 2 is 1.24 bits per heavy atom. The summed E-state index contributed by atoms with van der Waals surface area (Å²) in [5.41, 5.74) is 0. The molecule has 0 spiro atoms. The minimum absolute atomic E-state index is 0.0224. The highest BCUT2D eigenvalue weighted by Crippen LogP contribution is 2.11. The highest BCUT2D eigenvalue weighted by molar-refractivity contribution is 4.73. The van der Waals surface area contributed by atoms with Crippen LogP contribution in [0.15, 0.2) is 0 Å². The Balaban J connectivity index is 3.90. The average Bonchev–Trinajstić information content (AvgIpc) is 2.35. The lowest BCUT2D eigenvalue weighted by Crippen LogP contribution is -2.42. The van der Waals surface area contributed by atoms with Crippen LogP contribution >= 0.6 is 0 Å². The van der Waals surface area contributed by atoms with E-state index in [-0.39, 0.29) is 19.3 Å². The topological polar surface area (TPSA) is 52.5 Å². The Hall–Kier alpha value is -0.120. The molecule has 0 aromatic carbocycles. The molecule has 0 unspecified atom stereocenters. The van der Waals surface area contributed by atoms with Gasteiger partial charge in [0, 0.05) is 6.04 Å². The molecule has 3 nitrogen and oxygen atoms in total. The van der Waals surface area contributed by atoms with E-state index in [1.165, 1.54) is 38.5 Å². The van der Waals surface area contributed by atoms with Crippen molar-refractivity contribution in [2.75, 3.05) is 13.2 Å². The lowest BCUT2D eigenvalue weighted by Gasteiger charge is -2.23. The van der Waals surface area contributed by atoms with Crippen LogP contribution in [0.3, 0.4) is 0 Å². The van der Waals surface area contributed by atoms with Gasteiger partial charge < -0.3 is 15.5 Å². The van der Waals surface area contributed by atoms with Crippen LogP contribution in [0.5, 0.6) is 0 Å². The Morgan fingerprint density at radius 3 is 1.59 bits per heavy atom. The molecule has 0 bridgehead atoms. The van der Waals surface area contributed by atoms with Crippen molar-refractivity contribution in [3.63, 3.8) is 0 Å². The molecule has 0 rings (SSSR count). The van der Waals surface area contributed by atoms with E-state index in [4.69, 9.17) is 10.2 Å². The lowest BCUT2D eigenvalue weighted by atomic mass is 10.0. The zero-order valence-corrected chi connectivity index (χ0v) is 11.6. The first-order valence-electron chi connectivity index (χ1n) is 7.26. The fourth-order valence-corrected chi connectivity index (χ4v) is 2.09. The molecule has 0 atom stereocenters. The number of hydrogen-bond acceptors (Lipinski definition) is 3. The van der Waals surface area contributed by atoms with Gasteiger partial charge in [0.25, 0.3) is 0 Å². The number of rotatable bonds is 12. The number of hydrogen-bond donors (Lipinski definition) is 3. The first-order chi connectivity index (χ1) is 8.28. The first-order valence-corrected chi connectivity index (χ1v) is 7.26. The summed E-state index contributed by atoms with van der Waals surface area (Å²) in [6.45, 7) is 4.47. The predicted molar refractivity (Wildman–Crippen MR) is 73.2 cm³/mol. The molecule has 0 saturated carbocycles. The van der Waals surface area contributed by atoms with E-state index in [2.05, 4.69) is 19.2 Å². The molecular weight excluding hydrogens is 214 g/mol. The third-order valence-electron chi connectivity index (χ3n) is 3.22. The molecule has 0 amide bonds. The Kier molecular flexibility index (Phi) is 12.3. The fourth-order valence-electron chi connectivity index (χ4n) is 2.09. The van der Waals surface area contributed by atoms with Gasteiger partial charge in [0.2, 0.25) is 0 Å². The van der Waals surface area contributed by atoms with Crippen molar-refractivity contribution < 1.29 is 10.2 Å². The van der Waals surface area contributed by atoms with Crippen LogP contribution in [0.1, 0.15) is 65.2 Å². The molecule has 0 radical (unpaired) electrons. The van der Waals surface area contributed by atoms with Crippen LogP contribution in [0, 0.1) is 0 Å². The maximum atomic E-state index is 9.10. The van der Waals surface area contributed by atoms with Crippen LogP contribution < -0.4 is 5.32 Å². The van der Waals surface area contributed by atoms with Gasteiger partial charge in [-0.1, -0.05) is 52.4 Å². The molecular formula is C14H31NO2. The second-order valence-corrected chi connectivity index (χ2v) is 4.92. The van der Waals surface area contributed by atoms with Crippen LogP contribution in [-0.2, 0) is 0 Å². The van der Waals surface area contributed by atoms with Crippen LogP contribution in [-0.4, -0.2) is 35.5 Å². The first kappa shape index (κ1) is 16.9. The fraction of sp³-hybridized carbons (Fsp3) is 1.00. The number of aliphatic hydroxyl groups is 2. The van der Waals surface area contributed by atoms with E-state index in [9.17, 15) is 0 Å². The van der Waals surface area contributed by atoms with Gasteiger partial charge >= 0.3 is 0 Å². The standard InChI is InChI=1S/C14H31NO2/c1-3-5-7-9-13(10-8-6-4-2)15-14(11-16)12-17/h13-17H,3-12H2,1-2H3. The Labute approximate surface area is 107 Å². The van der Waals surface area contributed by atoms with Crippen LogP contribution in [0.2, 0.25) is 0 Å². The lowest BCUT2D eigenvalue weighted by molar-refractivity contribution is 0.157. The van der Waals surface area contributed by atoms with Gasteiger partial charge in [-0.15, -0.1) is 0 Å². The smallest absolute Gasteiger partial charge is 0.0607 e. The maximum absolute atomic E-state index is 9.10. The summed E-state index contributed by atoms with van der Waals surface area (Å²) in [6.07, 6.45) is 9.83. The van der Waals surface area contributed by atoms with Crippen LogP contribution in [0.25, 0.3) is 0 Å². The molecule has 0 aliphatic heterocycles. The van der Waals surface area contributed by atoms with Gasteiger partial charge in [-0.2, -0.15) is 0 Å². The van der Waals surface area contributed by atoms with E-state index in [0.717, 1.165) is 12.8 Å². The zero-order valence-electron chi connectivity index (χ0n) is 11.6. The highest BCUT2D eigenvalue weighted by Gasteiger charge is 2.13. The van der Waals surface area contributed by atoms with Gasteiger partial charge in [0.1, 0.15) is 0 Å². The molecule has 17 heavy (non-hydrogen) atoms. The van der Waals surface area contributed by atoms with Crippen molar-refractivity contribution in [1.82, 2.24) is 5.32 Å². The van der Waals surface area contributed by atoms with Crippen molar-refractivity contribution in [3.05, 3.63) is 0 Å². The normalized spacial score (nSPS) is 11.6. The van der Waals surface area contributed by atoms with Crippen molar-refractivity contribution in [2.45, 2.75) is 77.3 Å². The summed E-state index contributed by atoms with van der Waals surface area (Å²) in [5.74, 6) is 0. The van der Waals surface area contributed by atoms with Crippen molar-refractivity contribution in [1.29, 1.82) is 0 Å². The molecule has 0 aliphatic carbocycles. The summed E-state index contributed by atoms with van der Waals surface area (Å²) < 4.78 is 0. The monoisotopic (exact) mass is 245 g/mol. The molecule has 0 aliphatic rings. The molecule has 0 heterocycles. The molecule has 0 saturated heterocycles. The van der Waals surface area contributed by atoms with Crippen LogP contribution in [0.4, 0.5) is 0 Å². The van der Waals surface area contributed by atoms with Gasteiger partial charge in [0.15, 0.2) is 0 Å². The minimum atomic E-state index is -0.150. The number of aliphatic hydroxyl groups excluding tert-OH is 2. The molecule has 0 aromatic heterocycles. The van der Waals surface area contributed by atoms with E-state index >= 15 is 0 Å². The molecule has 104 valence electrons. The highest BCUT2D eigenvalue weighted by atomic mass is 16.3. The molecule has 3 heteroatoms. The van der Waals surface area contributed by atoms with Crippen molar-refractivity contribution in [2.24, 2.45) is 0 Å². The van der Waals surface area contributed by atoms with Crippen molar-refractivity contribution in [3.8, 4) is 0 Å². The summed E-state index contributed by atoms with van der Waals surface area (Å²) in [4.78, 5) is 0. The zero-order chi connectivity index (χ0) is 12.9. The van der Waals surface area contributed by atoms with E-state index in [1.54, 1.807) is 0 Å². The Bertz CT molecular complexity index is 139.